The van der Waals surface area contributed by atoms with Gasteiger partial charge in [0, 0.05) is 36.9 Å². The first-order valence-corrected chi connectivity index (χ1v) is 9.76. The maximum Gasteiger partial charge on any atom is 0.255 e. The fraction of sp³-hybridized carbons (Fsp3) is 0.200. The van der Waals surface area contributed by atoms with Crippen LogP contribution in [-0.2, 0) is 24.0 Å². The Hall–Kier alpha value is -3.13. The van der Waals surface area contributed by atoms with Gasteiger partial charge in [-0.25, -0.2) is 0 Å². The SMILES string of the molecule is Cn1c(CCC(N)=O)nnc1SCc1ccc(C(=O)Nc2ccccc2)cc1. The summed E-state index contributed by atoms with van der Waals surface area (Å²) in [6.07, 6.45) is 0.730. The highest BCUT2D eigenvalue weighted by atomic mass is 32.2. The predicted molar refractivity (Wildman–Crippen MR) is 109 cm³/mol. The standard InChI is InChI=1S/C20H21N5O2S/c1-25-18(12-11-17(21)26)23-24-20(25)28-13-14-7-9-15(10-8-14)19(27)22-16-5-3-2-4-6-16/h2-10H,11-13H2,1H3,(H2,21,26)(H,22,27). The molecule has 0 aliphatic carbocycles. The molecule has 1 heterocycles. The smallest absolute Gasteiger partial charge is 0.255 e. The van der Waals surface area contributed by atoms with Crippen LogP contribution in [0.2, 0.25) is 0 Å². The van der Waals surface area contributed by atoms with Gasteiger partial charge in [-0.2, -0.15) is 0 Å². The highest BCUT2D eigenvalue weighted by Crippen LogP contribution is 2.22. The predicted octanol–water partition coefficient (Wildman–Crippen LogP) is 2.78. The minimum atomic E-state index is -0.353. The van der Waals surface area contributed by atoms with Crippen molar-refractivity contribution >= 4 is 29.3 Å². The fourth-order valence-corrected chi connectivity index (χ4v) is 3.43. The summed E-state index contributed by atoms with van der Waals surface area (Å²) in [7, 11) is 1.87. The van der Waals surface area contributed by atoms with Crippen molar-refractivity contribution in [3.05, 3.63) is 71.5 Å². The van der Waals surface area contributed by atoms with E-state index in [9.17, 15) is 9.59 Å². The van der Waals surface area contributed by atoms with Gasteiger partial charge in [-0.1, -0.05) is 42.1 Å². The number of nitrogens with zero attached hydrogens (tertiary/aromatic N) is 3. The third-order valence-corrected chi connectivity index (χ3v) is 5.23. The molecule has 8 heteroatoms. The molecule has 3 aromatic rings. The Morgan fingerprint density at radius 3 is 2.46 bits per heavy atom. The molecule has 0 saturated carbocycles. The number of aromatic nitrogens is 3. The maximum atomic E-state index is 12.3. The van der Waals surface area contributed by atoms with Gasteiger partial charge in [-0.15, -0.1) is 10.2 Å². The first kappa shape index (κ1) is 19.6. The molecule has 1 aromatic heterocycles. The van der Waals surface area contributed by atoms with Gasteiger partial charge in [-0.3, -0.25) is 9.59 Å². The van der Waals surface area contributed by atoms with Crippen molar-refractivity contribution in [2.45, 2.75) is 23.8 Å². The lowest BCUT2D eigenvalue weighted by atomic mass is 10.1. The second-order valence-corrected chi connectivity index (χ2v) is 7.17. The topological polar surface area (TPSA) is 103 Å². The zero-order valence-electron chi connectivity index (χ0n) is 15.5. The second kappa shape index (κ2) is 9.18. The number of benzene rings is 2. The summed E-state index contributed by atoms with van der Waals surface area (Å²) in [5.74, 6) is 0.933. The number of nitrogens with two attached hydrogens (primary N) is 1. The molecule has 0 unspecified atom stereocenters. The van der Waals surface area contributed by atoms with E-state index < -0.39 is 0 Å². The van der Waals surface area contributed by atoms with Gasteiger partial charge in [0.2, 0.25) is 5.91 Å². The monoisotopic (exact) mass is 395 g/mol. The van der Waals surface area contributed by atoms with Crippen molar-refractivity contribution in [1.29, 1.82) is 0 Å². The molecule has 0 bridgehead atoms. The van der Waals surface area contributed by atoms with Gasteiger partial charge in [0.15, 0.2) is 5.16 Å². The van der Waals surface area contributed by atoms with Crippen molar-refractivity contribution < 1.29 is 9.59 Å². The van der Waals surface area contributed by atoms with E-state index >= 15 is 0 Å². The zero-order chi connectivity index (χ0) is 19.9. The van der Waals surface area contributed by atoms with Gasteiger partial charge in [-0.05, 0) is 29.8 Å². The summed E-state index contributed by atoms with van der Waals surface area (Å²) >= 11 is 1.54. The van der Waals surface area contributed by atoms with Crippen molar-refractivity contribution in [2.75, 3.05) is 5.32 Å². The molecule has 0 fully saturated rings. The number of anilines is 1. The van der Waals surface area contributed by atoms with Crippen LogP contribution in [0, 0.1) is 0 Å². The molecule has 0 radical (unpaired) electrons. The molecule has 7 nitrogen and oxygen atoms in total. The van der Waals surface area contributed by atoms with Crippen LogP contribution >= 0.6 is 11.8 Å². The van der Waals surface area contributed by atoms with Crippen molar-refractivity contribution in [3.8, 4) is 0 Å². The number of hydrogen-bond donors (Lipinski definition) is 2. The van der Waals surface area contributed by atoms with Crippen LogP contribution in [0.25, 0.3) is 0 Å². The minimum Gasteiger partial charge on any atom is -0.370 e. The summed E-state index contributed by atoms with van der Waals surface area (Å²) in [6, 6.07) is 16.8. The molecule has 3 rings (SSSR count). The van der Waals surface area contributed by atoms with E-state index in [1.807, 2.05) is 66.2 Å². The molecule has 2 aromatic carbocycles. The van der Waals surface area contributed by atoms with Crippen LogP contribution in [-0.4, -0.2) is 26.6 Å². The van der Waals surface area contributed by atoms with Gasteiger partial charge >= 0.3 is 0 Å². The Morgan fingerprint density at radius 2 is 1.79 bits per heavy atom. The Kier molecular flexibility index (Phi) is 6.44. The number of carbonyl (C=O) groups excluding carboxylic acids is 2. The number of thioether (sulfide) groups is 1. The van der Waals surface area contributed by atoms with E-state index in [1.54, 1.807) is 11.8 Å². The molecule has 144 valence electrons. The van der Waals surface area contributed by atoms with E-state index in [-0.39, 0.29) is 18.2 Å². The summed E-state index contributed by atoms with van der Waals surface area (Å²) < 4.78 is 1.87. The van der Waals surface area contributed by atoms with Gasteiger partial charge in [0.05, 0.1) is 0 Å². The van der Waals surface area contributed by atoms with Crippen LogP contribution < -0.4 is 11.1 Å². The molecule has 0 saturated heterocycles. The van der Waals surface area contributed by atoms with E-state index in [1.165, 1.54) is 0 Å². The first-order valence-electron chi connectivity index (χ1n) is 8.77. The van der Waals surface area contributed by atoms with Crippen LogP contribution in [0.5, 0.6) is 0 Å². The van der Waals surface area contributed by atoms with E-state index in [0.29, 0.717) is 17.7 Å². The molecular formula is C20H21N5O2S. The van der Waals surface area contributed by atoms with Crippen LogP contribution in [0.15, 0.2) is 59.8 Å². The summed E-state index contributed by atoms with van der Waals surface area (Å²) in [4.78, 5) is 23.2. The molecule has 0 aliphatic heterocycles. The molecule has 0 atom stereocenters. The Morgan fingerprint density at radius 1 is 1.07 bits per heavy atom. The Labute approximate surface area is 167 Å². The zero-order valence-corrected chi connectivity index (χ0v) is 16.3. The third-order valence-electron chi connectivity index (χ3n) is 4.14. The van der Waals surface area contributed by atoms with Gasteiger partial charge in [0.25, 0.3) is 5.91 Å². The number of para-hydroxylation sites is 1. The van der Waals surface area contributed by atoms with Crippen molar-refractivity contribution in [1.82, 2.24) is 14.8 Å². The van der Waals surface area contributed by atoms with E-state index in [0.717, 1.165) is 22.2 Å². The minimum absolute atomic E-state index is 0.141. The average molecular weight is 395 g/mol. The van der Waals surface area contributed by atoms with E-state index in [2.05, 4.69) is 15.5 Å². The second-order valence-electron chi connectivity index (χ2n) is 6.23. The third kappa shape index (κ3) is 5.20. The number of hydrogen-bond acceptors (Lipinski definition) is 5. The lowest BCUT2D eigenvalue weighted by molar-refractivity contribution is -0.118. The number of amides is 2. The molecule has 0 spiro atoms. The van der Waals surface area contributed by atoms with Crippen molar-refractivity contribution in [3.63, 3.8) is 0 Å². The number of nitrogens with one attached hydrogen (secondary N) is 1. The number of carbonyl (C=O) groups is 2. The van der Waals surface area contributed by atoms with E-state index in [4.69, 9.17) is 5.73 Å². The number of rotatable bonds is 8. The number of aryl methyl sites for hydroxylation is 1. The van der Waals surface area contributed by atoms with Crippen molar-refractivity contribution in [2.24, 2.45) is 12.8 Å². The summed E-state index contributed by atoms with van der Waals surface area (Å²) in [5, 5.41) is 11.9. The van der Waals surface area contributed by atoms with Gasteiger partial charge in [0.1, 0.15) is 5.82 Å². The fourth-order valence-electron chi connectivity index (χ4n) is 2.55. The number of primary amides is 1. The van der Waals surface area contributed by atoms with Crippen LogP contribution in [0.3, 0.4) is 0 Å². The van der Waals surface area contributed by atoms with Gasteiger partial charge < -0.3 is 15.6 Å². The molecule has 28 heavy (non-hydrogen) atoms. The Bertz CT molecular complexity index is 954. The normalized spacial score (nSPS) is 10.6. The molecular weight excluding hydrogens is 374 g/mol. The highest BCUT2D eigenvalue weighted by molar-refractivity contribution is 7.98. The Balaban J connectivity index is 1.56. The lowest BCUT2D eigenvalue weighted by Gasteiger charge is -2.06. The highest BCUT2D eigenvalue weighted by Gasteiger charge is 2.11. The first-order chi connectivity index (χ1) is 13.5. The maximum absolute atomic E-state index is 12.3. The quantitative estimate of drug-likeness (QED) is 0.571. The summed E-state index contributed by atoms with van der Waals surface area (Å²) in [6.45, 7) is 0. The largest absolute Gasteiger partial charge is 0.370 e. The van der Waals surface area contributed by atoms with Crippen LogP contribution in [0.1, 0.15) is 28.2 Å². The molecule has 0 aliphatic rings. The average Bonchev–Trinajstić information content (AvgIpc) is 3.05. The molecule has 3 N–H and O–H groups in total. The summed E-state index contributed by atoms with van der Waals surface area (Å²) in [5.41, 5.74) is 7.62. The molecule has 2 amide bonds. The lowest BCUT2D eigenvalue weighted by Crippen LogP contribution is -2.12. The van der Waals surface area contributed by atoms with Crippen LogP contribution in [0.4, 0.5) is 5.69 Å².